The lowest BCUT2D eigenvalue weighted by Gasteiger charge is -2.11. The van der Waals surface area contributed by atoms with Gasteiger partial charge in [-0.25, -0.2) is 0 Å². The lowest BCUT2D eigenvalue weighted by molar-refractivity contribution is 1.02. The molecule has 0 N–H and O–H groups in total. The van der Waals surface area contributed by atoms with E-state index < -0.39 is 0 Å². The second-order valence-electron chi connectivity index (χ2n) is 6.47. The third kappa shape index (κ3) is 6.69. The van der Waals surface area contributed by atoms with Gasteiger partial charge in [-0.05, 0) is 110 Å². The van der Waals surface area contributed by atoms with Gasteiger partial charge in [0.25, 0.3) is 0 Å². The highest BCUT2D eigenvalue weighted by Gasteiger charge is 2.07. The first-order chi connectivity index (χ1) is 13.7. The molecule has 28 heavy (non-hydrogen) atoms. The maximum atomic E-state index is 4.41. The maximum absolute atomic E-state index is 4.41. The number of rotatable bonds is 9. The minimum atomic E-state index is 0.681. The van der Waals surface area contributed by atoms with E-state index in [0.29, 0.717) is 26.2 Å². The standard InChI is InChI=1S/C24H30N4/c1-5-25-15-19-9-20(16-26-6-2)12-23(11-19)24-13-21(17-27-7-3)10-22(14-24)18-28-8-4/h5-14H,15-18H2,1-4H3. The van der Waals surface area contributed by atoms with Crippen molar-refractivity contribution in [3.8, 4) is 11.1 Å². The van der Waals surface area contributed by atoms with Crippen LogP contribution in [0.25, 0.3) is 11.1 Å². The Morgan fingerprint density at radius 2 is 0.714 bits per heavy atom. The monoisotopic (exact) mass is 374 g/mol. The van der Waals surface area contributed by atoms with Crippen molar-refractivity contribution in [1.29, 1.82) is 0 Å². The SMILES string of the molecule is CC=NCc1cc(CN=CC)cc(-c2cc(CN=CC)cc(CN=CC)c2)c1. The number of aliphatic imine (C=N–C) groups is 4. The molecule has 2 rings (SSSR count). The van der Waals surface area contributed by atoms with E-state index in [2.05, 4.69) is 56.4 Å². The molecule has 0 saturated heterocycles. The first-order valence-electron chi connectivity index (χ1n) is 9.74. The fraction of sp³-hybridized carbons (Fsp3) is 0.333. The molecular formula is C24H30N4. The molecule has 0 heterocycles. The van der Waals surface area contributed by atoms with Crippen molar-refractivity contribution in [2.24, 2.45) is 20.0 Å². The van der Waals surface area contributed by atoms with E-state index in [1.54, 1.807) is 0 Å². The van der Waals surface area contributed by atoms with E-state index in [-0.39, 0.29) is 0 Å². The summed E-state index contributed by atoms with van der Waals surface area (Å²) in [6.07, 6.45) is 7.39. The van der Waals surface area contributed by atoms with Gasteiger partial charge >= 0.3 is 0 Å². The van der Waals surface area contributed by atoms with E-state index in [1.807, 2.05) is 52.6 Å². The molecule has 0 unspecified atom stereocenters. The Labute approximate surface area is 168 Å². The fourth-order valence-corrected chi connectivity index (χ4v) is 3.01. The Kier molecular flexibility index (Phi) is 8.99. The van der Waals surface area contributed by atoms with Crippen molar-refractivity contribution < 1.29 is 0 Å². The van der Waals surface area contributed by atoms with Crippen LogP contribution in [0.3, 0.4) is 0 Å². The molecule has 0 saturated carbocycles. The van der Waals surface area contributed by atoms with Crippen LogP contribution in [-0.2, 0) is 26.2 Å². The summed E-state index contributed by atoms with van der Waals surface area (Å²) in [6.45, 7) is 10.5. The summed E-state index contributed by atoms with van der Waals surface area (Å²) in [5.74, 6) is 0. The van der Waals surface area contributed by atoms with Crippen LogP contribution in [0.5, 0.6) is 0 Å². The molecule has 4 heteroatoms. The minimum absolute atomic E-state index is 0.681. The average Bonchev–Trinajstić information content (AvgIpc) is 2.73. The molecule has 0 aliphatic heterocycles. The van der Waals surface area contributed by atoms with Gasteiger partial charge in [0.1, 0.15) is 0 Å². The average molecular weight is 375 g/mol. The summed E-state index contributed by atoms with van der Waals surface area (Å²) in [4.78, 5) is 17.7. The van der Waals surface area contributed by atoms with E-state index in [4.69, 9.17) is 0 Å². The van der Waals surface area contributed by atoms with Gasteiger partial charge in [-0.2, -0.15) is 0 Å². The number of benzene rings is 2. The quantitative estimate of drug-likeness (QED) is 0.504. The lowest BCUT2D eigenvalue weighted by atomic mass is 9.96. The molecule has 4 nitrogen and oxygen atoms in total. The van der Waals surface area contributed by atoms with E-state index >= 15 is 0 Å². The molecular weight excluding hydrogens is 344 g/mol. The first kappa shape index (κ1) is 21.4. The molecule has 2 aromatic rings. The maximum Gasteiger partial charge on any atom is 0.0636 e. The molecule has 0 amide bonds. The number of nitrogens with zero attached hydrogens (tertiary/aromatic N) is 4. The predicted octanol–water partition coefficient (Wildman–Crippen LogP) is 5.72. The molecule has 0 aromatic heterocycles. The lowest BCUT2D eigenvalue weighted by Crippen LogP contribution is -1.94. The Morgan fingerprint density at radius 3 is 0.929 bits per heavy atom. The summed E-state index contributed by atoms with van der Waals surface area (Å²) in [7, 11) is 0. The molecule has 146 valence electrons. The van der Waals surface area contributed by atoms with Crippen LogP contribution < -0.4 is 0 Å². The second-order valence-corrected chi connectivity index (χ2v) is 6.47. The van der Waals surface area contributed by atoms with Gasteiger partial charge in [0.15, 0.2) is 0 Å². The zero-order chi connectivity index (χ0) is 20.2. The van der Waals surface area contributed by atoms with Crippen LogP contribution in [0, 0.1) is 0 Å². The van der Waals surface area contributed by atoms with Crippen LogP contribution in [0.1, 0.15) is 49.9 Å². The van der Waals surface area contributed by atoms with Gasteiger partial charge in [-0.1, -0.05) is 12.1 Å². The van der Waals surface area contributed by atoms with Crippen LogP contribution in [0.4, 0.5) is 0 Å². The van der Waals surface area contributed by atoms with Crippen LogP contribution in [-0.4, -0.2) is 24.9 Å². The summed E-state index contributed by atoms with van der Waals surface area (Å²) >= 11 is 0. The molecule has 0 spiro atoms. The highest BCUT2D eigenvalue weighted by molar-refractivity contribution is 5.68. The number of hydrogen-bond donors (Lipinski definition) is 0. The molecule has 0 fully saturated rings. The van der Waals surface area contributed by atoms with Gasteiger partial charge in [-0.15, -0.1) is 0 Å². The second kappa shape index (κ2) is 11.8. The van der Waals surface area contributed by atoms with E-state index in [9.17, 15) is 0 Å². The van der Waals surface area contributed by atoms with E-state index in [1.165, 1.54) is 33.4 Å². The van der Waals surface area contributed by atoms with Gasteiger partial charge in [0.05, 0.1) is 26.2 Å². The van der Waals surface area contributed by atoms with Crippen molar-refractivity contribution in [2.45, 2.75) is 53.9 Å². The minimum Gasteiger partial charge on any atom is -0.293 e. The first-order valence-corrected chi connectivity index (χ1v) is 9.74. The predicted molar refractivity (Wildman–Crippen MR) is 123 cm³/mol. The fourth-order valence-electron chi connectivity index (χ4n) is 3.01. The van der Waals surface area contributed by atoms with Gasteiger partial charge in [0, 0.05) is 0 Å². The molecule has 0 aliphatic carbocycles. The van der Waals surface area contributed by atoms with Gasteiger partial charge in [0.2, 0.25) is 0 Å². The summed E-state index contributed by atoms with van der Waals surface area (Å²) in [5.41, 5.74) is 7.16. The van der Waals surface area contributed by atoms with Crippen LogP contribution in [0.2, 0.25) is 0 Å². The highest BCUT2D eigenvalue weighted by atomic mass is 14.7. The Hall–Kier alpha value is -2.88. The van der Waals surface area contributed by atoms with Crippen molar-refractivity contribution >= 4 is 24.9 Å². The van der Waals surface area contributed by atoms with Crippen LogP contribution in [0.15, 0.2) is 56.4 Å². The topological polar surface area (TPSA) is 49.4 Å². The van der Waals surface area contributed by atoms with Gasteiger partial charge in [-0.3, -0.25) is 20.0 Å². The molecule has 0 aliphatic rings. The summed E-state index contributed by atoms with van der Waals surface area (Å²) < 4.78 is 0. The molecule has 0 atom stereocenters. The largest absolute Gasteiger partial charge is 0.293 e. The molecule has 0 bridgehead atoms. The van der Waals surface area contributed by atoms with Gasteiger partial charge < -0.3 is 0 Å². The summed E-state index contributed by atoms with van der Waals surface area (Å²) in [5, 5.41) is 0. The summed E-state index contributed by atoms with van der Waals surface area (Å²) in [6, 6.07) is 13.3. The molecule has 2 aromatic carbocycles. The zero-order valence-corrected chi connectivity index (χ0v) is 17.4. The third-order valence-corrected chi connectivity index (χ3v) is 4.26. The highest BCUT2D eigenvalue weighted by Crippen LogP contribution is 2.27. The Bertz CT molecular complexity index is 738. The Morgan fingerprint density at radius 1 is 0.464 bits per heavy atom. The smallest absolute Gasteiger partial charge is 0.0636 e. The normalized spacial score (nSPS) is 12.3. The van der Waals surface area contributed by atoms with Crippen molar-refractivity contribution in [3.63, 3.8) is 0 Å². The van der Waals surface area contributed by atoms with Crippen molar-refractivity contribution in [3.05, 3.63) is 58.7 Å². The van der Waals surface area contributed by atoms with Crippen molar-refractivity contribution in [1.82, 2.24) is 0 Å². The number of hydrogen-bond acceptors (Lipinski definition) is 4. The third-order valence-electron chi connectivity index (χ3n) is 4.26. The van der Waals surface area contributed by atoms with E-state index in [0.717, 1.165) is 0 Å². The Balaban J connectivity index is 2.52. The zero-order valence-electron chi connectivity index (χ0n) is 17.4. The van der Waals surface area contributed by atoms with Crippen LogP contribution >= 0.6 is 0 Å². The van der Waals surface area contributed by atoms with Crippen molar-refractivity contribution in [2.75, 3.05) is 0 Å². The molecule has 0 radical (unpaired) electrons.